The number of likely N-dealkylation sites (N-methyl/N-ethyl adjacent to an activating group) is 1. The van der Waals surface area contributed by atoms with Gasteiger partial charge in [0, 0.05) is 31.3 Å². The Morgan fingerprint density at radius 1 is 1.05 bits per heavy atom. The maximum atomic E-state index is 14.4. The average molecular weight is 768 g/mol. The van der Waals surface area contributed by atoms with Crippen LogP contribution in [0.5, 0.6) is 0 Å². The predicted octanol–water partition coefficient (Wildman–Crippen LogP) is 5.43. The number of methoxy groups -OCH3 is 1. The summed E-state index contributed by atoms with van der Waals surface area (Å²) in [5.41, 5.74) is -2.32. The summed E-state index contributed by atoms with van der Waals surface area (Å²) in [4.78, 5) is 74.9. The van der Waals surface area contributed by atoms with Gasteiger partial charge in [0.25, 0.3) is 0 Å². The number of Topliss-reactive ketones (excluding diaryl/α,β-unsaturated/α-hetero) is 2. The topological polar surface area (TPSA) is 162 Å². The number of carbonyl (C=O) groups excluding carboxylic acids is 5. The molecule has 1 aromatic heterocycles. The second-order valence-corrected chi connectivity index (χ2v) is 15.5. The molecule has 0 spiro atoms. The zero-order valence-electron chi connectivity index (χ0n) is 33.8. The summed E-state index contributed by atoms with van der Waals surface area (Å²) >= 11 is 0. The van der Waals surface area contributed by atoms with Crippen molar-refractivity contribution in [1.82, 2.24) is 14.5 Å². The molecule has 4 rings (SSSR count). The Morgan fingerprint density at radius 3 is 2.31 bits per heavy atom. The number of rotatable bonds is 8. The molecule has 0 aliphatic carbocycles. The summed E-state index contributed by atoms with van der Waals surface area (Å²) in [5, 5.41) is 0. The summed E-state index contributed by atoms with van der Waals surface area (Å²) < 4.78 is 38.5. The molecule has 0 radical (unpaired) electrons. The Morgan fingerprint density at radius 2 is 1.73 bits per heavy atom. The molecule has 1 saturated heterocycles. The van der Waals surface area contributed by atoms with Crippen LogP contribution >= 0.6 is 0 Å². The average Bonchev–Trinajstić information content (AvgIpc) is 3.70. The fraction of sp³-hybridized carbons (Fsp3) is 0.610. The molecule has 14 heteroatoms. The fourth-order valence-corrected chi connectivity index (χ4v) is 7.68. The maximum absolute atomic E-state index is 14.4. The van der Waals surface area contributed by atoms with Gasteiger partial charge in [-0.25, -0.2) is 19.1 Å². The minimum Gasteiger partial charge on any atom is -0.457 e. The monoisotopic (exact) mass is 767 g/mol. The summed E-state index contributed by atoms with van der Waals surface area (Å²) in [6.45, 7) is 13.4. The number of ether oxygens (including phenoxy) is 6. The van der Waals surface area contributed by atoms with E-state index in [-0.39, 0.29) is 36.3 Å². The first-order chi connectivity index (χ1) is 25.8. The first kappa shape index (κ1) is 43.5. The van der Waals surface area contributed by atoms with E-state index in [1.165, 1.54) is 38.8 Å². The number of carbonyl (C=O) groups is 5. The highest BCUT2D eigenvalue weighted by molar-refractivity contribution is 6.00. The van der Waals surface area contributed by atoms with Gasteiger partial charge >= 0.3 is 18.0 Å². The number of ketones is 2. The fourth-order valence-electron chi connectivity index (χ4n) is 7.68. The van der Waals surface area contributed by atoms with Gasteiger partial charge in [-0.1, -0.05) is 39.0 Å². The number of aromatic nitrogens is 2. The number of esters is 2. The number of nitrogens with zero attached hydrogens (tertiary/aromatic N) is 3. The summed E-state index contributed by atoms with van der Waals surface area (Å²) in [6.07, 6.45) is 0.963. The van der Waals surface area contributed by atoms with Crippen molar-refractivity contribution in [2.75, 3.05) is 21.2 Å². The van der Waals surface area contributed by atoms with Crippen molar-refractivity contribution in [3.05, 3.63) is 66.3 Å². The minimum atomic E-state index is -1.61. The van der Waals surface area contributed by atoms with Crippen molar-refractivity contribution in [2.24, 2.45) is 17.8 Å². The molecule has 302 valence electrons. The zero-order chi connectivity index (χ0) is 40.8. The van der Waals surface area contributed by atoms with E-state index >= 15 is 0 Å². The third-order valence-corrected chi connectivity index (χ3v) is 10.9. The number of hydrogen-bond acceptors (Lipinski definition) is 13. The SMILES string of the molecule is CC[C@H]1OC(=O)[C@H](C)C(=O)[C@H](C)[C@@H](O[C@@H]2O[C@H](C)C[C@H](N(C)C)[C@H]2OC(=O)c2ccccc2)[C@](C)(OC)C[C@@H](C)C(=O)/C(C)=C/[C@]1(C)OC(=O)n1ccnc1. The van der Waals surface area contributed by atoms with Gasteiger partial charge in [-0.3, -0.25) is 14.4 Å². The number of hydrogen-bond donors (Lipinski definition) is 0. The smallest absolute Gasteiger partial charge is 0.420 e. The molecule has 2 aromatic rings. The van der Waals surface area contributed by atoms with Crippen LogP contribution in [0.1, 0.15) is 85.0 Å². The summed E-state index contributed by atoms with van der Waals surface area (Å²) in [5.74, 6) is -5.23. The quantitative estimate of drug-likeness (QED) is 0.190. The molecule has 0 unspecified atom stereocenters. The van der Waals surface area contributed by atoms with Crippen LogP contribution in [0.2, 0.25) is 0 Å². The molecule has 0 amide bonds. The second kappa shape index (κ2) is 18.1. The Labute approximate surface area is 323 Å². The van der Waals surface area contributed by atoms with E-state index in [0.717, 1.165) is 4.57 Å². The van der Waals surface area contributed by atoms with Gasteiger partial charge in [0.15, 0.2) is 29.6 Å². The molecule has 11 atom stereocenters. The number of allylic oxidation sites excluding steroid dienone is 1. The van der Waals surface area contributed by atoms with Crippen LogP contribution in [0.3, 0.4) is 0 Å². The molecular formula is C41H57N3O11. The molecule has 0 bridgehead atoms. The molecule has 2 aliphatic rings. The van der Waals surface area contributed by atoms with Crippen LogP contribution in [0.4, 0.5) is 4.79 Å². The molecular weight excluding hydrogens is 710 g/mol. The Kier molecular flexibility index (Phi) is 14.3. The maximum Gasteiger partial charge on any atom is 0.420 e. The minimum absolute atomic E-state index is 0.0746. The van der Waals surface area contributed by atoms with E-state index in [1.54, 1.807) is 71.9 Å². The van der Waals surface area contributed by atoms with E-state index in [4.69, 9.17) is 28.4 Å². The molecule has 55 heavy (non-hydrogen) atoms. The van der Waals surface area contributed by atoms with Crippen molar-refractivity contribution in [3.63, 3.8) is 0 Å². The molecule has 1 aromatic carbocycles. The van der Waals surface area contributed by atoms with Gasteiger partial charge < -0.3 is 33.3 Å². The Balaban J connectivity index is 1.78. The predicted molar refractivity (Wildman–Crippen MR) is 201 cm³/mol. The Hall–Kier alpha value is -4.24. The van der Waals surface area contributed by atoms with Crippen LogP contribution in [0.25, 0.3) is 0 Å². The van der Waals surface area contributed by atoms with Crippen molar-refractivity contribution in [3.8, 4) is 0 Å². The lowest BCUT2D eigenvalue weighted by Crippen LogP contribution is -2.60. The van der Waals surface area contributed by atoms with Gasteiger partial charge in [0.1, 0.15) is 18.3 Å². The van der Waals surface area contributed by atoms with Crippen LogP contribution < -0.4 is 0 Å². The van der Waals surface area contributed by atoms with Crippen molar-refractivity contribution < 1.29 is 52.4 Å². The third-order valence-electron chi connectivity index (χ3n) is 10.9. The van der Waals surface area contributed by atoms with Crippen LogP contribution in [0.15, 0.2) is 60.7 Å². The summed E-state index contributed by atoms with van der Waals surface area (Å²) in [7, 11) is 5.21. The molecule has 2 aliphatic heterocycles. The van der Waals surface area contributed by atoms with Crippen molar-refractivity contribution in [2.45, 2.75) is 123 Å². The normalized spacial score (nSPS) is 34.9. The van der Waals surface area contributed by atoms with Gasteiger partial charge in [-0.15, -0.1) is 0 Å². The number of cyclic esters (lactones) is 1. The molecule has 3 heterocycles. The first-order valence-corrected chi connectivity index (χ1v) is 18.8. The van der Waals surface area contributed by atoms with Crippen molar-refractivity contribution in [1.29, 1.82) is 0 Å². The molecule has 1 fully saturated rings. The molecule has 0 saturated carbocycles. The highest BCUT2D eigenvalue weighted by Crippen LogP contribution is 2.38. The van der Waals surface area contributed by atoms with Crippen LogP contribution in [-0.4, -0.2) is 113 Å². The van der Waals surface area contributed by atoms with E-state index in [9.17, 15) is 24.0 Å². The third kappa shape index (κ3) is 9.96. The highest BCUT2D eigenvalue weighted by Gasteiger charge is 2.51. The van der Waals surface area contributed by atoms with Crippen LogP contribution in [0, 0.1) is 17.8 Å². The number of benzene rings is 1. The van der Waals surface area contributed by atoms with E-state index in [2.05, 4.69) is 4.98 Å². The lowest BCUT2D eigenvalue weighted by atomic mass is 9.77. The zero-order valence-corrected chi connectivity index (χ0v) is 33.8. The largest absolute Gasteiger partial charge is 0.457 e. The molecule has 0 N–H and O–H groups in total. The van der Waals surface area contributed by atoms with Crippen molar-refractivity contribution >= 4 is 29.6 Å². The Bertz CT molecular complexity index is 1700. The lowest BCUT2D eigenvalue weighted by molar-refractivity contribution is -0.294. The van der Waals surface area contributed by atoms with Gasteiger partial charge in [0.05, 0.1) is 29.4 Å². The van der Waals surface area contributed by atoms with E-state index in [1.807, 2.05) is 25.9 Å². The van der Waals surface area contributed by atoms with Gasteiger partial charge in [0.2, 0.25) is 0 Å². The second-order valence-electron chi connectivity index (χ2n) is 15.5. The van der Waals surface area contributed by atoms with Gasteiger partial charge in [-0.05, 0) is 91.8 Å². The first-order valence-electron chi connectivity index (χ1n) is 18.8. The number of imidazole rings is 1. The van der Waals surface area contributed by atoms with E-state index in [0.29, 0.717) is 12.0 Å². The van der Waals surface area contributed by atoms with E-state index < -0.39 is 77.4 Å². The lowest BCUT2D eigenvalue weighted by Gasteiger charge is -2.47. The standard InChI is InChI=1S/C41H57N3O11/c1-12-31-40(7,55-39(49)44-19-18-42-23-44)21-24(2)32(45)25(3)22-41(8,50-11)35(27(5)33(46)28(6)36(47)52-31)54-38-34(30(43(9)10)20-26(4)51-38)53-37(48)29-16-14-13-15-17-29/h13-19,21,23,25-28,30-31,34-35,38H,12,20,22H2,1-11H3/b24-21+/t25-,26-,27+,28-,30+,31-,34-,35-,38+,40+,41-/m1/s1. The highest BCUT2D eigenvalue weighted by atomic mass is 16.7. The van der Waals surface area contributed by atoms with Crippen LogP contribution in [-0.2, 0) is 42.8 Å². The molecule has 14 nitrogen and oxygen atoms in total. The summed E-state index contributed by atoms with van der Waals surface area (Å²) in [6, 6.07) is 8.25. The van der Waals surface area contributed by atoms with Gasteiger partial charge in [-0.2, -0.15) is 0 Å².